The molecule has 2 aromatic rings. The molecule has 21 heavy (non-hydrogen) atoms. The third-order valence-corrected chi connectivity index (χ3v) is 3.73. The Morgan fingerprint density at radius 2 is 2.14 bits per heavy atom. The Morgan fingerprint density at radius 1 is 1.33 bits per heavy atom. The summed E-state index contributed by atoms with van der Waals surface area (Å²) >= 11 is 0. The fourth-order valence-corrected chi connectivity index (χ4v) is 2.50. The van der Waals surface area contributed by atoms with Crippen LogP contribution in [0.3, 0.4) is 0 Å². The van der Waals surface area contributed by atoms with Crippen molar-refractivity contribution in [2.45, 2.75) is 6.42 Å². The highest BCUT2D eigenvalue weighted by Gasteiger charge is 2.21. The van der Waals surface area contributed by atoms with Gasteiger partial charge in [0.15, 0.2) is 5.82 Å². The van der Waals surface area contributed by atoms with Gasteiger partial charge >= 0.3 is 5.97 Å². The third-order valence-electron chi connectivity index (χ3n) is 3.73. The van der Waals surface area contributed by atoms with E-state index in [2.05, 4.69) is 29.7 Å². The van der Waals surface area contributed by atoms with Crippen LogP contribution in [0.4, 0.5) is 5.82 Å². The topological polar surface area (TPSA) is 75.9 Å². The fraction of sp³-hybridized carbons (Fsp3) is 0.538. The van der Waals surface area contributed by atoms with E-state index in [9.17, 15) is 4.79 Å². The maximum Gasteiger partial charge on any atom is 0.306 e. The first-order chi connectivity index (χ1) is 10.3. The van der Waals surface area contributed by atoms with E-state index < -0.39 is 0 Å². The highest BCUT2D eigenvalue weighted by molar-refractivity contribution is 5.69. The zero-order valence-electron chi connectivity index (χ0n) is 12.0. The van der Waals surface area contributed by atoms with Gasteiger partial charge in [0.25, 0.3) is 0 Å². The lowest BCUT2D eigenvalue weighted by molar-refractivity contribution is -0.141. The van der Waals surface area contributed by atoms with Crippen LogP contribution in [-0.2, 0) is 9.53 Å². The average Bonchev–Trinajstić information content (AvgIpc) is 3.01. The Bertz CT molecular complexity index is 620. The van der Waals surface area contributed by atoms with Gasteiger partial charge in [-0.15, -0.1) is 10.2 Å². The van der Waals surface area contributed by atoms with Crippen molar-refractivity contribution in [3.05, 3.63) is 18.7 Å². The van der Waals surface area contributed by atoms with Gasteiger partial charge in [-0.25, -0.2) is 4.98 Å². The van der Waals surface area contributed by atoms with Crippen molar-refractivity contribution < 1.29 is 9.53 Å². The summed E-state index contributed by atoms with van der Waals surface area (Å²) in [6, 6.07) is 0. The minimum Gasteiger partial charge on any atom is -0.469 e. The summed E-state index contributed by atoms with van der Waals surface area (Å²) in [5, 5.41) is 8.03. The van der Waals surface area contributed by atoms with Crippen LogP contribution >= 0.6 is 0 Å². The predicted molar refractivity (Wildman–Crippen MR) is 76.1 cm³/mol. The Morgan fingerprint density at radius 3 is 2.90 bits per heavy atom. The minimum atomic E-state index is -0.160. The molecule has 0 spiro atoms. The molecule has 0 amide bonds. The molecule has 1 aliphatic heterocycles. The molecule has 0 aliphatic carbocycles. The molecule has 0 radical (unpaired) electrons. The number of methoxy groups -OCH3 is 1. The van der Waals surface area contributed by atoms with Crippen molar-refractivity contribution in [1.82, 2.24) is 24.5 Å². The molecule has 8 nitrogen and oxygen atoms in total. The van der Waals surface area contributed by atoms with Crippen LogP contribution in [0.25, 0.3) is 5.65 Å². The zero-order valence-corrected chi connectivity index (χ0v) is 12.0. The van der Waals surface area contributed by atoms with E-state index in [1.807, 2.05) is 10.6 Å². The van der Waals surface area contributed by atoms with E-state index >= 15 is 0 Å². The van der Waals surface area contributed by atoms with Crippen molar-refractivity contribution in [3.8, 4) is 0 Å². The molecule has 1 fully saturated rings. The number of rotatable bonds is 4. The average molecular weight is 290 g/mol. The summed E-state index contributed by atoms with van der Waals surface area (Å²) in [5.74, 6) is 0.704. The second kappa shape index (κ2) is 6.04. The van der Waals surface area contributed by atoms with E-state index in [1.165, 1.54) is 7.11 Å². The molecule has 0 aromatic carbocycles. The molecule has 0 bridgehead atoms. The van der Waals surface area contributed by atoms with Crippen molar-refractivity contribution in [2.24, 2.45) is 0 Å². The molecule has 3 heterocycles. The smallest absolute Gasteiger partial charge is 0.306 e. The van der Waals surface area contributed by atoms with Gasteiger partial charge in [0.05, 0.1) is 13.5 Å². The SMILES string of the molecule is COC(=O)CCN1CCN(c2nccn3cnnc23)CC1. The van der Waals surface area contributed by atoms with Crippen LogP contribution in [-0.4, -0.2) is 70.3 Å². The van der Waals surface area contributed by atoms with Crippen molar-refractivity contribution in [1.29, 1.82) is 0 Å². The normalized spacial score (nSPS) is 16.3. The van der Waals surface area contributed by atoms with Crippen LogP contribution in [0.1, 0.15) is 6.42 Å². The lowest BCUT2D eigenvalue weighted by atomic mass is 10.3. The van der Waals surface area contributed by atoms with E-state index in [0.717, 1.165) is 44.2 Å². The van der Waals surface area contributed by atoms with Gasteiger partial charge in [0.2, 0.25) is 5.65 Å². The first-order valence-electron chi connectivity index (χ1n) is 6.96. The monoisotopic (exact) mass is 290 g/mol. The highest BCUT2D eigenvalue weighted by atomic mass is 16.5. The summed E-state index contributed by atoms with van der Waals surface area (Å²) in [5.41, 5.74) is 0.778. The molecule has 0 unspecified atom stereocenters. The molecule has 0 saturated carbocycles. The lowest BCUT2D eigenvalue weighted by Gasteiger charge is -2.35. The van der Waals surface area contributed by atoms with E-state index in [0.29, 0.717) is 6.42 Å². The van der Waals surface area contributed by atoms with E-state index in [1.54, 1.807) is 12.5 Å². The molecule has 0 atom stereocenters. The molecule has 2 aromatic heterocycles. The minimum absolute atomic E-state index is 0.160. The van der Waals surface area contributed by atoms with Crippen LogP contribution < -0.4 is 4.90 Å². The van der Waals surface area contributed by atoms with Gasteiger partial charge in [0, 0.05) is 45.1 Å². The molecule has 0 N–H and O–H groups in total. The molecule has 8 heteroatoms. The summed E-state index contributed by atoms with van der Waals surface area (Å²) < 4.78 is 6.53. The summed E-state index contributed by atoms with van der Waals surface area (Å²) in [6.07, 6.45) is 5.71. The maximum absolute atomic E-state index is 11.2. The Balaban J connectivity index is 1.61. The third kappa shape index (κ3) is 2.94. The largest absolute Gasteiger partial charge is 0.469 e. The number of anilines is 1. The van der Waals surface area contributed by atoms with Crippen LogP contribution in [0, 0.1) is 0 Å². The number of aromatic nitrogens is 4. The Hall–Kier alpha value is -2.22. The molecule has 1 aliphatic rings. The second-order valence-corrected chi connectivity index (χ2v) is 4.97. The highest BCUT2D eigenvalue weighted by Crippen LogP contribution is 2.17. The predicted octanol–water partition coefficient (Wildman–Crippen LogP) is -0.191. The van der Waals surface area contributed by atoms with Crippen LogP contribution in [0.15, 0.2) is 18.7 Å². The molecule has 3 rings (SSSR count). The van der Waals surface area contributed by atoms with Gasteiger partial charge in [-0.3, -0.25) is 14.1 Å². The number of esters is 1. The number of piperazine rings is 1. The number of ether oxygens (including phenoxy) is 1. The van der Waals surface area contributed by atoms with Gasteiger partial charge in [-0.1, -0.05) is 0 Å². The van der Waals surface area contributed by atoms with Gasteiger partial charge in [0.1, 0.15) is 6.33 Å². The van der Waals surface area contributed by atoms with Gasteiger partial charge in [-0.05, 0) is 0 Å². The lowest BCUT2D eigenvalue weighted by Crippen LogP contribution is -2.47. The zero-order chi connectivity index (χ0) is 14.7. The summed E-state index contributed by atoms with van der Waals surface area (Å²) in [4.78, 5) is 20.1. The molecular formula is C13H18N6O2. The maximum atomic E-state index is 11.2. The first-order valence-corrected chi connectivity index (χ1v) is 6.96. The number of carbonyl (C=O) groups excluding carboxylic acids is 1. The second-order valence-electron chi connectivity index (χ2n) is 4.97. The van der Waals surface area contributed by atoms with Crippen molar-refractivity contribution in [2.75, 3.05) is 44.7 Å². The van der Waals surface area contributed by atoms with Gasteiger partial charge in [-0.2, -0.15) is 0 Å². The summed E-state index contributed by atoms with van der Waals surface area (Å²) in [7, 11) is 1.42. The van der Waals surface area contributed by atoms with Crippen LogP contribution in [0.2, 0.25) is 0 Å². The number of nitrogens with zero attached hydrogens (tertiary/aromatic N) is 6. The number of carbonyl (C=O) groups is 1. The van der Waals surface area contributed by atoms with E-state index in [-0.39, 0.29) is 5.97 Å². The fourth-order valence-electron chi connectivity index (χ4n) is 2.50. The number of fused-ring (bicyclic) bond motifs is 1. The first kappa shape index (κ1) is 13.7. The van der Waals surface area contributed by atoms with E-state index in [4.69, 9.17) is 0 Å². The quantitative estimate of drug-likeness (QED) is 0.722. The van der Waals surface area contributed by atoms with Crippen molar-refractivity contribution >= 4 is 17.4 Å². The molecule has 1 saturated heterocycles. The summed E-state index contributed by atoms with van der Waals surface area (Å²) in [6.45, 7) is 4.26. The Labute approximate surface area is 122 Å². The Kier molecular flexibility index (Phi) is 3.96. The van der Waals surface area contributed by atoms with Crippen LogP contribution in [0.5, 0.6) is 0 Å². The molecular weight excluding hydrogens is 272 g/mol. The number of hydrogen-bond acceptors (Lipinski definition) is 7. The molecule has 112 valence electrons. The number of hydrogen-bond donors (Lipinski definition) is 0. The van der Waals surface area contributed by atoms with Crippen molar-refractivity contribution in [3.63, 3.8) is 0 Å². The standard InChI is InChI=1S/C13H18N6O2/c1-21-11(20)2-4-17-6-8-18(9-7-17)12-13-16-15-10-19(13)5-3-14-12/h3,5,10H,2,4,6-9H2,1H3. The van der Waals surface area contributed by atoms with Gasteiger partial charge < -0.3 is 9.64 Å².